The van der Waals surface area contributed by atoms with Gasteiger partial charge in [0.25, 0.3) is 0 Å². The minimum Gasteiger partial charge on any atom is -0.314 e. The second-order valence-electron chi connectivity index (χ2n) is 5.64. The topological polar surface area (TPSA) is 49.4 Å². The van der Waals surface area contributed by atoms with Crippen LogP contribution in [0, 0.1) is 0 Å². The molecule has 1 aromatic rings. The van der Waals surface area contributed by atoms with Gasteiger partial charge >= 0.3 is 0 Å². The molecule has 1 aliphatic carbocycles. The summed E-state index contributed by atoms with van der Waals surface area (Å²) in [5.74, 6) is 0.226. The first-order valence-electron chi connectivity index (χ1n) is 7.39. The second-order valence-corrected chi connectivity index (χ2v) is 8.75. The number of unbranched alkanes of at least 4 members (excludes halogenated alkanes) is 1. The number of hydrogen-bond donors (Lipinski definition) is 1. The molecule has 1 aromatic carbocycles. The Kier molecular flexibility index (Phi) is 6.22. The molecule has 0 amide bonds. The molecule has 6 heteroatoms. The lowest BCUT2D eigenvalue weighted by atomic mass is 10.2. The number of nitrogens with zero attached hydrogens (tertiary/aromatic N) is 1. The summed E-state index contributed by atoms with van der Waals surface area (Å²) in [5.41, 5.74) is 0.992. The van der Waals surface area contributed by atoms with Crippen LogP contribution in [0.4, 0.5) is 0 Å². The van der Waals surface area contributed by atoms with Gasteiger partial charge in [0.15, 0.2) is 0 Å². The average Bonchev–Trinajstić information content (AvgIpc) is 3.22. The van der Waals surface area contributed by atoms with E-state index in [1.165, 1.54) is 17.1 Å². The normalized spacial score (nSPS) is 15.6. The van der Waals surface area contributed by atoms with E-state index in [1.54, 1.807) is 7.05 Å². The van der Waals surface area contributed by atoms with Gasteiger partial charge in [0.05, 0.1) is 5.75 Å². The Morgan fingerprint density at radius 2 is 2.10 bits per heavy atom. The van der Waals surface area contributed by atoms with Crippen molar-refractivity contribution < 1.29 is 8.42 Å². The van der Waals surface area contributed by atoms with Crippen LogP contribution >= 0.6 is 15.9 Å². The molecule has 0 atom stereocenters. The summed E-state index contributed by atoms with van der Waals surface area (Å²) in [6, 6.07) is 8.44. The van der Waals surface area contributed by atoms with Crippen LogP contribution in [0.25, 0.3) is 0 Å². The zero-order valence-electron chi connectivity index (χ0n) is 12.4. The Bertz CT molecular complexity index is 559. The highest BCUT2D eigenvalue weighted by Crippen LogP contribution is 2.18. The lowest BCUT2D eigenvalue weighted by Gasteiger charge is -2.17. The molecular formula is C15H23BrN2O2S. The van der Waals surface area contributed by atoms with Gasteiger partial charge in [-0.3, -0.25) is 0 Å². The van der Waals surface area contributed by atoms with Gasteiger partial charge in [-0.15, -0.1) is 0 Å². The van der Waals surface area contributed by atoms with E-state index < -0.39 is 10.0 Å². The fourth-order valence-electron chi connectivity index (χ4n) is 2.15. The van der Waals surface area contributed by atoms with Crippen molar-refractivity contribution in [2.45, 2.75) is 38.3 Å². The van der Waals surface area contributed by atoms with E-state index in [4.69, 9.17) is 0 Å². The van der Waals surface area contributed by atoms with Crippen LogP contribution in [0.15, 0.2) is 28.7 Å². The third-order valence-electron chi connectivity index (χ3n) is 3.61. The third kappa shape index (κ3) is 6.06. The number of halogens is 1. The predicted octanol–water partition coefficient (Wildman–Crippen LogP) is 2.74. The minimum atomic E-state index is -3.17. The standard InChI is InChI=1S/C15H23BrN2O2S/c1-18(12-13-5-4-6-14(16)11-13)21(19,20)10-3-2-9-17-15-7-8-15/h4-6,11,15,17H,2-3,7-10,12H2,1H3. The second kappa shape index (κ2) is 7.72. The summed E-state index contributed by atoms with van der Waals surface area (Å²) in [6.07, 6.45) is 4.17. The van der Waals surface area contributed by atoms with Gasteiger partial charge < -0.3 is 5.32 Å². The van der Waals surface area contributed by atoms with Gasteiger partial charge in [-0.05, 0) is 49.9 Å². The van der Waals surface area contributed by atoms with Crippen LogP contribution in [-0.2, 0) is 16.6 Å². The Hall–Kier alpha value is -0.430. The first-order valence-corrected chi connectivity index (χ1v) is 9.79. The van der Waals surface area contributed by atoms with Crippen molar-refractivity contribution in [2.24, 2.45) is 0 Å². The van der Waals surface area contributed by atoms with Gasteiger partial charge in [0, 0.05) is 24.1 Å². The lowest BCUT2D eigenvalue weighted by Crippen LogP contribution is -2.29. The Balaban J connectivity index is 1.74. The van der Waals surface area contributed by atoms with Gasteiger partial charge in [-0.25, -0.2) is 12.7 Å². The summed E-state index contributed by atoms with van der Waals surface area (Å²) >= 11 is 3.40. The van der Waals surface area contributed by atoms with Crippen molar-refractivity contribution in [3.8, 4) is 0 Å². The maximum atomic E-state index is 12.2. The summed E-state index contributed by atoms with van der Waals surface area (Å²) in [4.78, 5) is 0. The highest BCUT2D eigenvalue weighted by molar-refractivity contribution is 9.10. The lowest BCUT2D eigenvalue weighted by molar-refractivity contribution is 0.464. The molecule has 21 heavy (non-hydrogen) atoms. The first kappa shape index (κ1) is 16.9. The molecular weight excluding hydrogens is 352 g/mol. The summed E-state index contributed by atoms with van der Waals surface area (Å²) in [5, 5.41) is 3.40. The maximum absolute atomic E-state index is 12.2. The SMILES string of the molecule is CN(Cc1cccc(Br)c1)S(=O)(=O)CCCCNC1CC1. The van der Waals surface area contributed by atoms with E-state index in [-0.39, 0.29) is 5.75 Å². The van der Waals surface area contributed by atoms with Crippen molar-refractivity contribution >= 4 is 26.0 Å². The van der Waals surface area contributed by atoms with E-state index in [0.29, 0.717) is 19.0 Å². The molecule has 2 rings (SSSR count). The highest BCUT2D eigenvalue weighted by Gasteiger charge is 2.20. The number of nitrogens with one attached hydrogen (secondary N) is 1. The van der Waals surface area contributed by atoms with E-state index in [1.807, 2.05) is 24.3 Å². The van der Waals surface area contributed by atoms with E-state index in [2.05, 4.69) is 21.2 Å². The number of hydrogen-bond acceptors (Lipinski definition) is 3. The Morgan fingerprint density at radius 1 is 1.33 bits per heavy atom. The van der Waals surface area contributed by atoms with Crippen LogP contribution in [0.5, 0.6) is 0 Å². The van der Waals surface area contributed by atoms with Gasteiger partial charge in [-0.2, -0.15) is 0 Å². The smallest absolute Gasteiger partial charge is 0.214 e. The first-order chi connectivity index (χ1) is 9.97. The zero-order valence-corrected chi connectivity index (χ0v) is 14.8. The van der Waals surface area contributed by atoms with Crippen LogP contribution in [0.3, 0.4) is 0 Å². The van der Waals surface area contributed by atoms with Crippen LogP contribution in [-0.4, -0.2) is 38.1 Å². The van der Waals surface area contributed by atoms with Crippen molar-refractivity contribution in [2.75, 3.05) is 19.3 Å². The van der Waals surface area contributed by atoms with Gasteiger partial charge in [0.1, 0.15) is 0 Å². The molecule has 1 N–H and O–H groups in total. The van der Waals surface area contributed by atoms with Gasteiger partial charge in [-0.1, -0.05) is 28.1 Å². The van der Waals surface area contributed by atoms with Crippen LogP contribution < -0.4 is 5.32 Å². The molecule has 0 aromatic heterocycles. The van der Waals surface area contributed by atoms with Crippen molar-refractivity contribution in [3.63, 3.8) is 0 Å². The molecule has 0 radical (unpaired) electrons. The predicted molar refractivity (Wildman–Crippen MR) is 89.7 cm³/mol. The quantitative estimate of drug-likeness (QED) is 0.676. The van der Waals surface area contributed by atoms with Crippen LogP contribution in [0.1, 0.15) is 31.2 Å². The molecule has 0 bridgehead atoms. The number of sulfonamides is 1. The third-order valence-corrected chi connectivity index (χ3v) is 5.99. The molecule has 1 aliphatic rings. The fourth-order valence-corrected chi connectivity index (χ4v) is 3.82. The van der Waals surface area contributed by atoms with Crippen molar-refractivity contribution in [1.82, 2.24) is 9.62 Å². The van der Waals surface area contributed by atoms with Crippen molar-refractivity contribution in [1.29, 1.82) is 0 Å². The van der Waals surface area contributed by atoms with E-state index in [9.17, 15) is 8.42 Å². The van der Waals surface area contributed by atoms with Crippen molar-refractivity contribution in [3.05, 3.63) is 34.3 Å². The molecule has 1 saturated carbocycles. The molecule has 118 valence electrons. The van der Waals surface area contributed by atoms with E-state index >= 15 is 0 Å². The molecule has 1 fully saturated rings. The maximum Gasteiger partial charge on any atom is 0.214 e. The van der Waals surface area contributed by atoms with E-state index in [0.717, 1.165) is 23.0 Å². The van der Waals surface area contributed by atoms with Gasteiger partial charge in [0.2, 0.25) is 10.0 Å². The Labute approximate surface area is 136 Å². The molecule has 0 saturated heterocycles. The molecule has 0 unspecified atom stereocenters. The average molecular weight is 375 g/mol. The summed E-state index contributed by atoms with van der Waals surface area (Å²) in [6.45, 7) is 1.34. The fraction of sp³-hybridized carbons (Fsp3) is 0.600. The highest BCUT2D eigenvalue weighted by atomic mass is 79.9. The number of benzene rings is 1. The summed E-state index contributed by atoms with van der Waals surface area (Å²) in [7, 11) is -1.51. The molecule has 0 spiro atoms. The largest absolute Gasteiger partial charge is 0.314 e. The molecule has 4 nitrogen and oxygen atoms in total. The Morgan fingerprint density at radius 3 is 2.76 bits per heavy atom. The number of rotatable bonds is 9. The molecule has 0 aliphatic heterocycles. The monoisotopic (exact) mass is 374 g/mol. The minimum absolute atomic E-state index is 0.226. The molecule has 0 heterocycles. The zero-order chi connectivity index (χ0) is 15.3. The van der Waals surface area contributed by atoms with Crippen LogP contribution in [0.2, 0.25) is 0 Å². The summed E-state index contributed by atoms with van der Waals surface area (Å²) < 4.78 is 26.9.